The number of carbonyl (C=O) groups is 1. The zero-order valence-electron chi connectivity index (χ0n) is 10.7. The molecular weight excluding hydrogens is 332 g/mol. The molecule has 6 heteroatoms. The molecule has 19 heavy (non-hydrogen) atoms. The second-order valence-corrected chi connectivity index (χ2v) is 8.95. The van der Waals surface area contributed by atoms with E-state index in [2.05, 4.69) is 15.9 Å². The highest BCUT2D eigenvalue weighted by Crippen LogP contribution is 2.54. The van der Waals surface area contributed by atoms with E-state index in [0.29, 0.717) is 0 Å². The fraction of sp³-hybridized carbons (Fsp3) is 0.462. The van der Waals surface area contributed by atoms with E-state index >= 15 is 0 Å². The van der Waals surface area contributed by atoms with Crippen molar-refractivity contribution in [1.29, 1.82) is 0 Å². The van der Waals surface area contributed by atoms with Crippen molar-refractivity contribution in [1.82, 2.24) is 0 Å². The summed E-state index contributed by atoms with van der Waals surface area (Å²) in [6, 6.07) is 6.09. The minimum Gasteiger partial charge on any atom is -0.480 e. The molecular formula is C13H15BrO4S. The fourth-order valence-corrected chi connectivity index (χ4v) is 5.39. The van der Waals surface area contributed by atoms with Crippen LogP contribution in [0.2, 0.25) is 0 Å². The Morgan fingerprint density at radius 2 is 1.68 bits per heavy atom. The van der Waals surface area contributed by atoms with Gasteiger partial charge in [0.25, 0.3) is 0 Å². The average Bonchev–Trinajstić information content (AvgIpc) is 2.25. The molecule has 0 atom stereocenters. The van der Waals surface area contributed by atoms with Gasteiger partial charge in [0.05, 0.1) is 4.90 Å². The van der Waals surface area contributed by atoms with Gasteiger partial charge in [-0.25, -0.2) is 8.42 Å². The van der Waals surface area contributed by atoms with Crippen LogP contribution < -0.4 is 0 Å². The lowest BCUT2D eigenvalue weighted by Crippen LogP contribution is -2.59. The van der Waals surface area contributed by atoms with Crippen molar-refractivity contribution in [3.05, 3.63) is 28.7 Å². The molecule has 1 fully saturated rings. The Balaban J connectivity index is 2.49. The molecule has 0 radical (unpaired) electrons. The van der Waals surface area contributed by atoms with Crippen LogP contribution in [0.15, 0.2) is 33.6 Å². The predicted octanol–water partition coefficient (Wildman–Crippen LogP) is 2.87. The summed E-state index contributed by atoms with van der Waals surface area (Å²) in [4.78, 5) is 11.6. The number of hydrogen-bond donors (Lipinski definition) is 1. The Morgan fingerprint density at radius 1 is 1.21 bits per heavy atom. The van der Waals surface area contributed by atoms with Crippen LogP contribution in [0.4, 0.5) is 0 Å². The van der Waals surface area contributed by atoms with Crippen LogP contribution in [0, 0.1) is 5.41 Å². The Morgan fingerprint density at radius 3 is 2.05 bits per heavy atom. The summed E-state index contributed by atoms with van der Waals surface area (Å²) in [5, 5.41) is 9.38. The maximum atomic E-state index is 12.6. The maximum Gasteiger partial charge on any atom is 0.325 e. The second kappa shape index (κ2) is 4.31. The zero-order valence-corrected chi connectivity index (χ0v) is 13.1. The molecule has 1 aliphatic carbocycles. The Bertz CT molecular complexity index is 609. The SMILES string of the molecule is CC1(C)CC(C(=O)O)(S(=O)(=O)c2ccc(Br)cc2)C1. The molecule has 0 saturated heterocycles. The van der Waals surface area contributed by atoms with Gasteiger partial charge in [0.1, 0.15) is 0 Å². The highest BCUT2D eigenvalue weighted by atomic mass is 79.9. The standard InChI is InChI=1S/C13H15BrO4S/c1-12(2)7-13(8-12,11(15)16)19(17,18)10-5-3-9(14)4-6-10/h3-6H,7-8H2,1-2H3,(H,15,16). The van der Waals surface area contributed by atoms with Crippen molar-refractivity contribution in [2.75, 3.05) is 0 Å². The molecule has 1 aromatic rings. The van der Waals surface area contributed by atoms with Gasteiger partial charge in [-0.15, -0.1) is 0 Å². The summed E-state index contributed by atoms with van der Waals surface area (Å²) in [7, 11) is -3.87. The molecule has 0 spiro atoms. The first-order chi connectivity index (χ1) is 8.61. The van der Waals surface area contributed by atoms with Gasteiger partial charge in [-0.1, -0.05) is 29.8 Å². The number of carboxylic acids is 1. The molecule has 1 N–H and O–H groups in total. The van der Waals surface area contributed by atoms with E-state index in [0.717, 1.165) is 4.47 Å². The van der Waals surface area contributed by atoms with Gasteiger partial charge in [-0.05, 0) is 42.5 Å². The average molecular weight is 347 g/mol. The first-order valence-corrected chi connectivity index (χ1v) is 8.12. The minimum atomic E-state index is -3.87. The highest BCUT2D eigenvalue weighted by Gasteiger charge is 2.63. The third kappa shape index (κ3) is 2.21. The molecule has 0 aromatic heterocycles. The van der Waals surface area contributed by atoms with Gasteiger partial charge in [0, 0.05) is 4.47 Å². The quantitative estimate of drug-likeness (QED) is 0.913. The van der Waals surface area contributed by atoms with Crippen molar-refractivity contribution in [2.24, 2.45) is 5.41 Å². The number of rotatable bonds is 3. The van der Waals surface area contributed by atoms with Gasteiger partial charge in [-0.3, -0.25) is 4.79 Å². The van der Waals surface area contributed by atoms with Crippen molar-refractivity contribution in [3.63, 3.8) is 0 Å². The van der Waals surface area contributed by atoms with E-state index in [4.69, 9.17) is 0 Å². The lowest BCUT2D eigenvalue weighted by Gasteiger charge is -2.49. The number of aliphatic carboxylic acids is 1. The highest BCUT2D eigenvalue weighted by molar-refractivity contribution is 9.10. The molecule has 4 nitrogen and oxygen atoms in total. The van der Waals surface area contributed by atoms with E-state index < -0.39 is 20.6 Å². The van der Waals surface area contributed by atoms with E-state index in [1.807, 2.05) is 13.8 Å². The molecule has 0 aliphatic heterocycles. The van der Waals surface area contributed by atoms with Crippen molar-refractivity contribution >= 4 is 31.7 Å². The Kier molecular flexibility index (Phi) is 3.30. The fourth-order valence-electron chi connectivity index (χ4n) is 2.79. The topological polar surface area (TPSA) is 71.4 Å². The van der Waals surface area contributed by atoms with Gasteiger partial charge in [0.15, 0.2) is 14.6 Å². The Labute approximate surface area is 120 Å². The molecule has 1 saturated carbocycles. The van der Waals surface area contributed by atoms with Gasteiger partial charge in [0.2, 0.25) is 0 Å². The molecule has 0 bridgehead atoms. The Hall–Kier alpha value is -0.880. The monoisotopic (exact) mass is 346 g/mol. The van der Waals surface area contributed by atoms with Crippen LogP contribution in [0.25, 0.3) is 0 Å². The number of halogens is 1. The third-order valence-corrected chi connectivity index (χ3v) is 6.47. The van der Waals surface area contributed by atoms with Crippen LogP contribution in [-0.2, 0) is 14.6 Å². The summed E-state index contributed by atoms with van der Waals surface area (Å²) in [6.07, 6.45) is 0.293. The van der Waals surface area contributed by atoms with Gasteiger partial charge < -0.3 is 5.11 Å². The third-order valence-electron chi connectivity index (χ3n) is 3.56. The van der Waals surface area contributed by atoms with E-state index in [1.165, 1.54) is 12.1 Å². The van der Waals surface area contributed by atoms with E-state index in [9.17, 15) is 18.3 Å². The van der Waals surface area contributed by atoms with Crippen LogP contribution in [0.5, 0.6) is 0 Å². The molecule has 1 aromatic carbocycles. The van der Waals surface area contributed by atoms with Gasteiger partial charge >= 0.3 is 5.97 Å². The minimum absolute atomic E-state index is 0.0635. The van der Waals surface area contributed by atoms with Crippen molar-refractivity contribution < 1.29 is 18.3 Å². The summed E-state index contributed by atoms with van der Waals surface area (Å²) < 4.78 is 24.2. The van der Waals surface area contributed by atoms with Crippen LogP contribution in [-0.4, -0.2) is 24.2 Å². The predicted molar refractivity (Wildman–Crippen MR) is 74.7 cm³/mol. The zero-order chi connectivity index (χ0) is 14.5. The molecule has 0 heterocycles. The second-order valence-electron chi connectivity index (χ2n) is 5.77. The number of sulfone groups is 1. The number of hydrogen-bond acceptors (Lipinski definition) is 3. The maximum absolute atomic E-state index is 12.6. The molecule has 2 rings (SSSR count). The first-order valence-electron chi connectivity index (χ1n) is 5.84. The molecule has 0 amide bonds. The summed E-state index contributed by atoms with van der Waals surface area (Å²) in [6.45, 7) is 3.76. The smallest absolute Gasteiger partial charge is 0.325 e. The van der Waals surface area contributed by atoms with Crippen LogP contribution >= 0.6 is 15.9 Å². The lowest BCUT2D eigenvalue weighted by atomic mass is 9.64. The first kappa shape index (κ1) is 14.5. The van der Waals surface area contributed by atoms with Crippen molar-refractivity contribution in [3.8, 4) is 0 Å². The van der Waals surface area contributed by atoms with Gasteiger partial charge in [-0.2, -0.15) is 0 Å². The van der Waals surface area contributed by atoms with E-state index in [1.54, 1.807) is 12.1 Å². The summed E-state index contributed by atoms with van der Waals surface area (Å²) in [5.41, 5.74) is -0.249. The molecule has 104 valence electrons. The van der Waals surface area contributed by atoms with Crippen LogP contribution in [0.3, 0.4) is 0 Å². The summed E-state index contributed by atoms with van der Waals surface area (Å²) in [5.74, 6) is -1.25. The normalized spacial score (nSPS) is 20.6. The lowest BCUT2D eigenvalue weighted by molar-refractivity contribution is -0.146. The van der Waals surface area contributed by atoms with Crippen molar-refractivity contribution in [2.45, 2.75) is 36.3 Å². The largest absolute Gasteiger partial charge is 0.480 e. The number of benzene rings is 1. The number of carboxylic acid groups (broad SMARTS) is 1. The molecule has 1 aliphatic rings. The molecule has 0 unspecified atom stereocenters. The van der Waals surface area contributed by atoms with Crippen LogP contribution in [0.1, 0.15) is 26.7 Å². The summed E-state index contributed by atoms with van der Waals surface area (Å²) >= 11 is 3.23. The van der Waals surface area contributed by atoms with E-state index in [-0.39, 0.29) is 23.2 Å².